The van der Waals surface area contributed by atoms with E-state index in [1.165, 1.54) is 31.1 Å². The molecule has 2 N–H and O–H groups in total. The van der Waals surface area contributed by atoms with Crippen LogP contribution >= 0.6 is 22.7 Å². The van der Waals surface area contributed by atoms with Gasteiger partial charge in [-0.15, -0.1) is 11.3 Å². The molecule has 0 amide bonds. The lowest BCUT2D eigenvalue weighted by molar-refractivity contribution is 0.859. The van der Waals surface area contributed by atoms with E-state index in [1.54, 1.807) is 11.3 Å². The van der Waals surface area contributed by atoms with E-state index in [9.17, 15) is 0 Å². The molecule has 0 aliphatic heterocycles. The summed E-state index contributed by atoms with van der Waals surface area (Å²) in [7, 11) is 0. The van der Waals surface area contributed by atoms with Crippen molar-refractivity contribution in [2.75, 3.05) is 5.73 Å². The van der Waals surface area contributed by atoms with Crippen molar-refractivity contribution in [1.82, 2.24) is 9.97 Å². The van der Waals surface area contributed by atoms with Gasteiger partial charge in [0.2, 0.25) is 0 Å². The average molecular weight is 382 g/mol. The third kappa shape index (κ3) is 2.99. The molecule has 4 aromatic rings. The molecule has 26 heavy (non-hydrogen) atoms. The summed E-state index contributed by atoms with van der Waals surface area (Å²) in [5.74, 6) is 0.934. The van der Waals surface area contributed by atoms with Crippen molar-refractivity contribution in [2.24, 2.45) is 0 Å². The summed E-state index contributed by atoms with van der Waals surface area (Å²) in [6, 6.07) is 10.8. The Kier molecular flexibility index (Phi) is 4.45. The van der Waals surface area contributed by atoms with Gasteiger partial charge in [0, 0.05) is 6.42 Å². The number of hydrogen-bond donors (Lipinski definition) is 1. The molecule has 0 unspecified atom stereocenters. The molecule has 0 fully saturated rings. The maximum Gasteiger partial charge on any atom is 0.181 e. The van der Waals surface area contributed by atoms with E-state index >= 15 is 0 Å². The van der Waals surface area contributed by atoms with Gasteiger partial charge in [-0.1, -0.05) is 57.2 Å². The van der Waals surface area contributed by atoms with Gasteiger partial charge in [0.15, 0.2) is 5.13 Å². The van der Waals surface area contributed by atoms with Gasteiger partial charge in [-0.3, -0.25) is 0 Å². The van der Waals surface area contributed by atoms with Crippen LogP contribution in [0.15, 0.2) is 30.3 Å². The minimum absolute atomic E-state index is 0.425. The first-order chi connectivity index (χ1) is 12.4. The number of thiazole rings is 2. The van der Waals surface area contributed by atoms with Crippen LogP contribution in [-0.4, -0.2) is 9.97 Å². The second kappa shape index (κ2) is 6.63. The second-order valence-electron chi connectivity index (χ2n) is 7.33. The van der Waals surface area contributed by atoms with Gasteiger partial charge in [0.25, 0.3) is 0 Å². The van der Waals surface area contributed by atoms with Crippen molar-refractivity contribution >= 4 is 48.2 Å². The molecule has 0 atom stereocenters. The third-order valence-corrected chi connectivity index (χ3v) is 6.79. The molecule has 134 valence electrons. The van der Waals surface area contributed by atoms with E-state index in [4.69, 9.17) is 10.7 Å². The minimum Gasteiger partial charge on any atom is -0.375 e. The fourth-order valence-corrected chi connectivity index (χ4v) is 5.86. The number of fused-ring (bicyclic) bond motifs is 2. The molecule has 2 aromatic carbocycles. The summed E-state index contributed by atoms with van der Waals surface area (Å²) >= 11 is 3.42. The molecule has 4 rings (SSSR count). The maximum absolute atomic E-state index is 5.96. The van der Waals surface area contributed by atoms with Crippen LogP contribution in [0, 0.1) is 0 Å². The molecular formula is C21H23N3S2. The molecule has 2 heterocycles. The highest BCUT2D eigenvalue weighted by Crippen LogP contribution is 2.37. The molecule has 0 aliphatic rings. The Morgan fingerprint density at radius 2 is 1.65 bits per heavy atom. The van der Waals surface area contributed by atoms with Crippen molar-refractivity contribution in [1.29, 1.82) is 0 Å². The molecule has 2 aromatic heterocycles. The summed E-state index contributed by atoms with van der Waals surface area (Å²) in [6.07, 6.45) is 0.859. The zero-order valence-electron chi connectivity index (χ0n) is 15.5. The zero-order valence-corrected chi connectivity index (χ0v) is 17.2. The van der Waals surface area contributed by atoms with Gasteiger partial charge < -0.3 is 5.73 Å². The molecule has 0 aliphatic carbocycles. The van der Waals surface area contributed by atoms with Crippen LogP contribution < -0.4 is 5.73 Å². The SMILES string of the molecule is CC(C)c1cccc2nc(Cc3ccc4nc(N)sc4c3C(C)C)sc12. The fourth-order valence-electron chi connectivity index (χ4n) is 3.57. The molecule has 0 radical (unpaired) electrons. The van der Waals surface area contributed by atoms with E-state index in [0.717, 1.165) is 17.5 Å². The predicted molar refractivity (Wildman–Crippen MR) is 115 cm³/mol. The summed E-state index contributed by atoms with van der Waals surface area (Å²) in [4.78, 5) is 9.37. The van der Waals surface area contributed by atoms with E-state index in [-0.39, 0.29) is 0 Å². The maximum atomic E-state index is 5.96. The number of rotatable bonds is 4. The van der Waals surface area contributed by atoms with Crippen molar-refractivity contribution in [2.45, 2.75) is 46.0 Å². The first-order valence-electron chi connectivity index (χ1n) is 9.00. The van der Waals surface area contributed by atoms with Crippen LogP contribution in [0.25, 0.3) is 20.4 Å². The van der Waals surface area contributed by atoms with Crippen LogP contribution in [-0.2, 0) is 6.42 Å². The Labute approximate surface area is 161 Å². The number of nitrogens with two attached hydrogens (primary N) is 1. The van der Waals surface area contributed by atoms with Gasteiger partial charge in [-0.05, 0) is 40.7 Å². The standard InChI is InChI=1S/C21H23N3S2/c1-11(2)14-6-5-7-15-19(14)25-17(23-15)10-13-8-9-16-20(18(13)12(3)4)26-21(22)24-16/h5-9,11-12H,10H2,1-4H3,(H2,22,24). The monoisotopic (exact) mass is 381 g/mol. The van der Waals surface area contributed by atoms with Gasteiger partial charge in [-0.25, -0.2) is 9.97 Å². The summed E-state index contributed by atoms with van der Waals surface area (Å²) in [5.41, 5.74) is 12.2. The Morgan fingerprint density at radius 1 is 0.885 bits per heavy atom. The Bertz CT molecular complexity index is 1090. The number of anilines is 1. The quantitative estimate of drug-likeness (QED) is 0.449. The molecular weight excluding hydrogens is 358 g/mol. The highest BCUT2D eigenvalue weighted by Gasteiger charge is 2.17. The summed E-state index contributed by atoms with van der Waals surface area (Å²) in [6.45, 7) is 8.97. The number of benzene rings is 2. The van der Waals surface area contributed by atoms with Crippen LogP contribution in [0.1, 0.15) is 61.2 Å². The molecule has 0 saturated carbocycles. The Hall–Kier alpha value is -1.98. The lowest BCUT2D eigenvalue weighted by Gasteiger charge is -2.12. The predicted octanol–water partition coefficient (Wildman–Crippen LogP) is 6.33. The van der Waals surface area contributed by atoms with Crippen LogP contribution in [0.5, 0.6) is 0 Å². The average Bonchev–Trinajstić information content (AvgIpc) is 3.15. The Balaban J connectivity index is 1.81. The third-order valence-electron chi connectivity index (χ3n) is 4.73. The van der Waals surface area contributed by atoms with Crippen molar-refractivity contribution in [3.63, 3.8) is 0 Å². The number of aromatic nitrogens is 2. The molecule has 5 heteroatoms. The van der Waals surface area contributed by atoms with Gasteiger partial charge in [0.05, 0.1) is 25.4 Å². The van der Waals surface area contributed by atoms with Crippen molar-refractivity contribution < 1.29 is 0 Å². The number of hydrogen-bond acceptors (Lipinski definition) is 5. The minimum atomic E-state index is 0.425. The zero-order chi connectivity index (χ0) is 18.4. The molecule has 0 saturated heterocycles. The van der Waals surface area contributed by atoms with Crippen molar-refractivity contribution in [3.05, 3.63) is 52.0 Å². The van der Waals surface area contributed by atoms with Crippen LogP contribution in [0.3, 0.4) is 0 Å². The van der Waals surface area contributed by atoms with Crippen LogP contribution in [0.2, 0.25) is 0 Å². The van der Waals surface area contributed by atoms with Gasteiger partial charge >= 0.3 is 0 Å². The largest absolute Gasteiger partial charge is 0.375 e. The molecule has 3 nitrogen and oxygen atoms in total. The normalized spacial score (nSPS) is 12.1. The number of nitrogen functional groups attached to an aromatic ring is 1. The highest BCUT2D eigenvalue weighted by molar-refractivity contribution is 7.22. The first kappa shape index (κ1) is 17.4. The Morgan fingerprint density at radius 3 is 2.38 bits per heavy atom. The smallest absolute Gasteiger partial charge is 0.181 e. The highest BCUT2D eigenvalue weighted by atomic mass is 32.1. The second-order valence-corrected chi connectivity index (χ2v) is 9.44. The van der Waals surface area contributed by atoms with Gasteiger partial charge in [0.1, 0.15) is 0 Å². The van der Waals surface area contributed by atoms with E-state index in [2.05, 4.69) is 63.0 Å². The van der Waals surface area contributed by atoms with E-state index < -0.39 is 0 Å². The molecule has 0 bridgehead atoms. The van der Waals surface area contributed by atoms with Crippen molar-refractivity contribution in [3.8, 4) is 0 Å². The topological polar surface area (TPSA) is 51.8 Å². The lowest BCUT2D eigenvalue weighted by Crippen LogP contribution is -1.98. The summed E-state index contributed by atoms with van der Waals surface area (Å²) in [5, 5.41) is 1.81. The van der Waals surface area contributed by atoms with E-state index in [1.807, 2.05) is 11.3 Å². The van der Waals surface area contributed by atoms with Crippen LogP contribution in [0.4, 0.5) is 5.13 Å². The lowest BCUT2D eigenvalue weighted by atomic mass is 9.95. The molecule has 0 spiro atoms. The number of nitrogens with zero attached hydrogens (tertiary/aromatic N) is 2. The van der Waals surface area contributed by atoms with Gasteiger partial charge in [-0.2, -0.15) is 0 Å². The first-order valence-corrected chi connectivity index (χ1v) is 10.6. The summed E-state index contributed by atoms with van der Waals surface area (Å²) < 4.78 is 2.55. The fraction of sp³-hybridized carbons (Fsp3) is 0.333. The van der Waals surface area contributed by atoms with E-state index in [0.29, 0.717) is 17.0 Å².